The van der Waals surface area contributed by atoms with Crippen LogP contribution in [0.1, 0.15) is 25.7 Å². The molecule has 0 bridgehead atoms. The first kappa shape index (κ1) is 14.5. The second-order valence-corrected chi connectivity index (χ2v) is 5.63. The second kappa shape index (κ2) is 6.12. The van der Waals surface area contributed by atoms with Crippen LogP contribution in [0.15, 0.2) is 18.2 Å². The molecule has 5 heteroatoms. The van der Waals surface area contributed by atoms with Gasteiger partial charge in [-0.15, -0.1) is 0 Å². The molecule has 1 saturated heterocycles. The summed E-state index contributed by atoms with van der Waals surface area (Å²) < 4.78 is 22.1. The molecule has 5 nitrogen and oxygen atoms in total. The van der Waals surface area contributed by atoms with Crippen molar-refractivity contribution in [2.75, 3.05) is 32.8 Å². The van der Waals surface area contributed by atoms with E-state index in [1.165, 1.54) is 0 Å². The van der Waals surface area contributed by atoms with Gasteiger partial charge in [0.05, 0.1) is 27.4 Å². The quantitative estimate of drug-likeness (QED) is 0.925. The minimum atomic E-state index is -0.301. The van der Waals surface area contributed by atoms with Crippen molar-refractivity contribution in [3.05, 3.63) is 18.2 Å². The molecule has 116 valence electrons. The van der Waals surface area contributed by atoms with Crippen LogP contribution in [0.25, 0.3) is 0 Å². The molecule has 2 aliphatic rings. The summed E-state index contributed by atoms with van der Waals surface area (Å²) >= 11 is 0. The number of hydrogen-bond donors (Lipinski definition) is 1. The number of nitrogens with one attached hydrogen (secondary N) is 1. The van der Waals surface area contributed by atoms with Gasteiger partial charge < -0.3 is 24.3 Å². The predicted octanol–water partition coefficient (Wildman–Crippen LogP) is 2.80. The second-order valence-electron chi connectivity index (χ2n) is 5.63. The summed E-state index contributed by atoms with van der Waals surface area (Å²) in [6.45, 7) is 1.45. The highest BCUT2D eigenvalue weighted by atomic mass is 16.7. The molecule has 1 aliphatic heterocycles. The predicted molar refractivity (Wildman–Crippen MR) is 80.1 cm³/mol. The van der Waals surface area contributed by atoms with Crippen LogP contribution >= 0.6 is 0 Å². The summed E-state index contributed by atoms with van der Waals surface area (Å²) in [5, 5.41) is 3.57. The van der Waals surface area contributed by atoms with Gasteiger partial charge >= 0.3 is 0 Å². The first-order valence-corrected chi connectivity index (χ1v) is 7.50. The first-order chi connectivity index (χ1) is 10.2. The molecule has 21 heavy (non-hydrogen) atoms. The minimum absolute atomic E-state index is 0.301. The van der Waals surface area contributed by atoms with E-state index in [1.807, 2.05) is 18.2 Å². The topological polar surface area (TPSA) is 49.0 Å². The summed E-state index contributed by atoms with van der Waals surface area (Å²) in [6, 6.07) is 6.30. The van der Waals surface area contributed by atoms with Gasteiger partial charge in [0.25, 0.3) is 0 Å². The normalized spacial score (nSPS) is 21.4. The van der Waals surface area contributed by atoms with Gasteiger partial charge in [0.2, 0.25) is 0 Å². The van der Waals surface area contributed by atoms with Crippen molar-refractivity contribution < 1.29 is 18.9 Å². The van der Waals surface area contributed by atoms with Crippen molar-refractivity contribution in [1.82, 2.24) is 0 Å². The lowest BCUT2D eigenvalue weighted by atomic mass is 9.90. The molecule has 0 aromatic heterocycles. The fourth-order valence-corrected chi connectivity index (χ4v) is 3.11. The molecule has 1 N–H and O–H groups in total. The van der Waals surface area contributed by atoms with E-state index in [0.717, 1.165) is 56.1 Å². The van der Waals surface area contributed by atoms with Crippen LogP contribution < -0.4 is 14.8 Å². The fraction of sp³-hybridized carbons (Fsp3) is 0.625. The molecule has 0 unspecified atom stereocenters. The van der Waals surface area contributed by atoms with E-state index in [9.17, 15) is 0 Å². The monoisotopic (exact) mass is 293 g/mol. The highest BCUT2D eigenvalue weighted by molar-refractivity contribution is 5.54. The summed E-state index contributed by atoms with van der Waals surface area (Å²) in [5.41, 5.74) is 1.03. The lowest BCUT2D eigenvalue weighted by Crippen LogP contribution is -2.39. The van der Waals surface area contributed by atoms with E-state index in [0.29, 0.717) is 6.04 Å². The first-order valence-electron chi connectivity index (χ1n) is 7.50. The molecule has 1 aromatic carbocycles. The van der Waals surface area contributed by atoms with Gasteiger partial charge in [0.1, 0.15) is 11.5 Å². The summed E-state index contributed by atoms with van der Waals surface area (Å²) in [6.07, 6.45) is 3.98. The van der Waals surface area contributed by atoms with E-state index in [-0.39, 0.29) is 5.79 Å². The van der Waals surface area contributed by atoms with Crippen LogP contribution in [-0.4, -0.2) is 39.3 Å². The van der Waals surface area contributed by atoms with E-state index in [1.54, 1.807) is 14.2 Å². The third-order valence-electron chi connectivity index (χ3n) is 4.28. The standard InChI is InChI=1S/C16H23NO4/c1-18-14-9-13(10-15(11-14)19-2)17-12-3-5-16(6-4-12)20-7-8-21-16/h9-12,17H,3-8H2,1-2H3. The van der Waals surface area contributed by atoms with Crippen molar-refractivity contribution >= 4 is 5.69 Å². The van der Waals surface area contributed by atoms with Crippen LogP contribution in [0, 0.1) is 0 Å². The van der Waals surface area contributed by atoms with Crippen LogP contribution in [0.2, 0.25) is 0 Å². The molecule has 0 amide bonds. The Morgan fingerprint density at radius 2 is 1.57 bits per heavy atom. The molecule has 1 heterocycles. The van der Waals surface area contributed by atoms with Gasteiger partial charge in [-0.2, -0.15) is 0 Å². The van der Waals surface area contributed by atoms with E-state index < -0.39 is 0 Å². The Hall–Kier alpha value is -1.46. The SMILES string of the molecule is COc1cc(NC2CCC3(CC2)OCCO3)cc(OC)c1. The Bertz CT molecular complexity index is 453. The minimum Gasteiger partial charge on any atom is -0.497 e. The van der Waals surface area contributed by atoms with Crippen LogP contribution in [0.3, 0.4) is 0 Å². The largest absolute Gasteiger partial charge is 0.497 e. The highest BCUT2D eigenvalue weighted by Crippen LogP contribution is 2.37. The Labute approximate surface area is 125 Å². The van der Waals surface area contributed by atoms with Gasteiger partial charge in [-0.05, 0) is 12.8 Å². The van der Waals surface area contributed by atoms with Crippen LogP contribution in [0.4, 0.5) is 5.69 Å². The average Bonchev–Trinajstić information content (AvgIpc) is 2.98. The van der Waals surface area contributed by atoms with Crippen molar-refractivity contribution in [2.24, 2.45) is 0 Å². The van der Waals surface area contributed by atoms with Gasteiger partial charge in [0.15, 0.2) is 5.79 Å². The lowest BCUT2D eigenvalue weighted by molar-refractivity contribution is -0.177. The van der Waals surface area contributed by atoms with E-state index in [4.69, 9.17) is 18.9 Å². The zero-order valence-corrected chi connectivity index (χ0v) is 12.7. The Kier molecular flexibility index (Phi) is 4.22. The van der Waals surface area contributed by atoms with Crippen molar-refractivity contribution in [3.63, 3.8) is 0 Å². The molecule has 0 radical (unpaired) electrons. The summed E-state index contributed by atoms with van der Waals surface area (Å²) in [5.74, 6) is 1.29. The maximum Gasteiger partial charge on any atom is 0.168 e. The number of benzene rings is 1. The molecular formula is C16H23NO4. The van der Waals surface area contributed by atoms with Crippen molar-refractivity contribution in [3.8, 4) is 11.5 Å². The zero-order valence-electron chi connectivity index (χ0n) is 12.7. The van der Waals surface area contributed by atoms with Gasteiger partial charge in [-0.1, -0.05) is 0 Å². The Morgan fingerprint density at radius 1 is 1.00 bits per heavy atom. The fourth-order valence-electron chi connectivity index (χ4n) is 3.11. The summed E-state index contributed by atoms with van der Waals surface area (Å²) in [7, 11) is 3.33. The number of anilines is 1. The maximum absolute atomic E-state index is 5.76. The lowest BCUT2D eigenvalue weighted by Gasteiger charge is -2.36. The smallest absolute Gasteiger partial charge is 0.168 e. The summed E-state index contributed by atoms with van der Waals surface area (Å²) in [4.78, 5) is 0. The van der Waals surface area contributed by atoms with Crippen LogP contribution in [-0.2, 0) is 9.47 Å². The third kappa shape index (κ3) is 3.24. The number of hydrogen-bond acceptors (Lipinski definition) is 5. The molecule has 1 aromatic rings. The third-order valence-corrected chi connectivity index (χ3v) is 4.28. The van der Waals surface area contributed by atoms with Crippen molar-refractivity contribution in [2.45, 2.75) is 37.5 Å². The highest BCUT2D eigenvalue weighted by Gasteiger charge is 2.40. The van der Waals surface area contributed by atoms with Gasteiger partial charge in [-0.25, -0.2) is 0 Å². The average molecular weight is 293 g/mol. The molecule has 0 atom stereocenters. The molecule has 1 spiro atoms. The molecule has 2 fully saturated rings. The number of ether oxygens (including phenoxy) is 4. The number of methoxy groups -OCH3 is 2. The molecule has 1 aliphatic carbocycles. The molecular weight excluding hydrogens is 270 g/mol. The van der Waals surface area contributed by atoms with Crippen LogP contribution in [0.5, 0.6) is 11.5 Å². The van der Waals surface area contributed by atoms with E-state index in [2.05, 4.69) is 5.32 Å². The van der Waals surface area contributed by atoms with Gasteiger partial charge in [-0.3, -0.25) is 0 Å². The molecule has 3 rings (SSSR count). The number of rotatable bonds is 4. The van der Waals surface area contributed by atoms with Gasteiger partial charge in [0, 0.05) is 42.8 Å². The zero-order chi connectivity index (χ0) is 14.7. The maximum atomic E-state index is 5.76. The van der Waals surface area contributed by atoms with Crippen molar-refractivity contribution in [1.29, 1.82) is 0 Å². The Balaban J connectivity index is 1.62. The van der Waals surface area contributed by atoms with E-state index >= 15 is 0 Å². The Morgan fingerprint density at radius 3 is 2.10 bits per heavy atom. The molecule has 1 saturated carbocycles.